The molecule has 0 aromatic carbocycles. The molecule has 13 heavy (non-hydrogen) atoms. The van der Waals surface area contributed by atoms with Gasteiger partial charge in [0.1, 0.15) is 10.0 Å². The Kier molecular flexibility index (Phi) is 4.13. The molecule has 74 valence electrons. The second kappa shape index (κ2) is 4.91. The van der Waals surface area contributed by atoms with Crippen molar-refractivity contribution in [3.05, 3.63) is 10.0 Å². The summed E-state index contributed by atoms with van der Waals surface area (Å²) in [6, 6.07) is 0. The lowest BCUT2D eigenvalue weighted by Gasteiger charge is -2.05. The smallest absolute Gasteiger partial charge is 0.135 e. The highest BCUT2D eigenvalue weighted by Crippen LogP contribution is 2.30. The van der Waals surface area contributed by atoms with Crippen LogP contribution in [0.15, 0.2) is 0 Å². The molecule has 0 radical (unpaired) electrons. The highest BCUT2D eigenvalue weighted by atomic mass is 35.5. The van der Waals surface area contributed by atoms with E-state index >= 15 is 0 Å². The zero-order valence-electron chi connectivity index (χ0n) is 8.25. The summed E-state index contributed by atoms with van der Waals surface area (Å²) < 4.78 is 0. The molecule has 0 aliphatic carbocycles. The van der Waals surface area contributed by atoms with Crippen molar-refractivity contribution in [3.8, 4) is 0 Å². The predicted octanol–water partition coefficient (Wildman–Crippen LogP) is 3.74. The molecule has 1 atom stereocenters. The van der Waals surface area contributed by atoms with Crippen LogP contribution in [-0.4, -0.2) is 10.2 Å². The third-order valence-corrected chi connectivity index (χ3v) is 3.74. The molecule has 2 nitrogen and oxygen atoms in total. The molecule has 0 spiro atoms. The van der Waals surface area contributed by atoms with E-state index in [-0.39, 0.29) is 5.38 Å². The van der Waals surface area contributed by atoms with Gasteiger partial charge in [0.2, 0.25) is 0 Å². The number of aromatic nitrogens is 2. The van der Waals surface area contributed by atoms with E-state index in [1.807, 2.05) is 6.92 Å². The molecular weight excluding hydrogens is 204 g/mol. The van der Waals surface area contributed by atoms with Gasteiger partial charge in [0.15, 0.2) is 0 Å². The minimum absolute atomic E-state index is 0.0133. The van der Waals surface area contributed by atoms with E-state index in [1.54, 1.807) is 11.3 Å². The predicted molar refractivity (Wildman–Crippen MR) is 57.5 cm³/mol. The Bertz CT molecular complexity index is 256. The molecule has 0 N–H and O–H groups in total. The highest BCUT2D eigenvalue weighted by molar-refractivity contribution is 7.11. The van der Waals surface area contributed by atoms with Crippen molar-refractivity contribution in [2.24, 2.45) is 0 Å². The molecule has 0 aliphatic heterocycles. The van der Waals surface area contributed by atoms with Gasteiger partial charge in [-0.1, -0.05) is 25.2 Å². The second-order valence-corrected chi connectivity index (χ2v) is 4.80. The SMILES string of the molecule is CCC(CC)c1nnc(C(C)Cl)s1. The number of halogens is 1. The van der Waals surface area contributed by atoms with Crippen LogP contribution in [0, 0.1) is 0 Å². The number of hydrogen-bond donors (Lipinski definition) is 0. The fraction of sp³-hybridized carbons (Fsp3) is 0.778. The van der Waals surface area contributed by atoms with Crippen molar-refractivity contribution in [1.29, 1.82) is 0 Å². The van der Waals surface area contributed by atoms with Gasteiger partial charge in [-0.15, -0.1) is 21.8 Å². The Morgan fingerprint density at radius 1 is 1.23 bits per heavy atom. The van der Waals surface area contributed by atoms with Gasteiger partial charge in [0.25, 0.3) is 0 Å². The molecule has 1 rings (SSSR count). The molecule has 1 aromatic heterocycles. The van der Waals surface area contributed by atoms with Crippen LogP contribution in [0.4, 0.5) is 0 Å². The Hall–Kier alpha value is -0.150. The molecule has 1 aromatic rings. The summed E-state index contributed by atoms with van der Waals surface area (Å²) in [5, 5.41) is 10.3. The van der Waals surface area contributed by atoms with Gasteiger partial charge in [-0.05, 0) is 19.8 Å². The minimum Gasteiger partial charge on any atom is -0.143 e. The van der Waals surface area contributed by atoms with Gasteiger partial charge < -0.3 is 0 Å². The van der Waals surface area contributed by atoms with Crippen molar-refractivity contribution in [2.75, 3.05) is 0 Å². The minimum atomic E-state index is -0.0133. The van der Waals surface area contributed by atoms with Gasteiger partial charge in [-0.3, -0.25) is 0 Å². The largest absolute Gasteiger partial charge is 0.143 e. The second-order valence-electron chi connectivity index (χ2n) is 3.11. The van der Waals surface area contributed by atoms with Gasteiger partial charge in [-0.25, -0.2) is 0 Å². The monoisotopic (exact) mass is 218 g/mol. The quantitative estimate of drug-likeness (QED) is 0.720. The average Bonchev–Trinajstić information content (AvgIpc) is 2.56. The molecule has 1 heterocycles. The summed E-state index contributed by atoms with van der Waals surface area (Å²) in [5.74, 6) is 0.557. The Morgan fingerprint density at radius 2 is 1.77 bits per heavy atom. The maximum atomic E-state index is 5.92. The average molecular weight is 219 g/mol. The van der Waals surface area contributed by atoms with Crippen LogP contribution < -0.4 is 0 Å². The number of rotatable bonds is 4. The molecule has 1 unspecified atom stereocenters. The maximum absolute atomic E-state index is 5.92. The molecule has 0 amide bonds. The Balaban J connectivity index is 2.78. The van der Waals surface area contributed by atoms with Crippen LogP contribution in [0.3, 0.4) is 0 Å². The summed E-state index contributed by atoms with van der Waals surface area (Å²) in [6.45, 7) is 6.29. The summed E-state index contributed by atoms with van der Waals surface area (Å²) in [4.78, 5) is 0. The van der Waals surface area contributed by atoms with E-state index in [9.17, 15) is 0 Å². The molecule has 0 aliphatic rings. The first-order valence-corrected chi connectivity index (χ1v) is 5.91. The first kappa shape index (κ1) is 10.9. The topological polar surface area (TPSA) is 25.8 Å². The third kappa shape index (κ3) is 2.64. The molecule has 0 saturated heterocycles. The fourth-order valence-corrected chi connectivity index (χ4v) is 2.43. The van der Waals surface area contributed by atoms with Crippen LogP contribution in [0.5, 0.6) is 0 Å². The Morgan fingerprint density at radius 3 is 2.15 bits per heavy atom. The molecule has 4 heteroatoms. The van der Waals surface area contributed by atoms with E-state index in [2.05, 4.69) is 24.0 Å². The molecule has 0 saturated carbocycles. The highest BCUT2D eigenvalue weighted by Gasteiger charge is 2.14. The number of alkyl halides is 1. The van der Waals surface area contributed by atoms with Gasteiger partial charge >= 0.3 is 0 Å². The van der Waals surface area contributed by atoms with Crippen LogP contribution >= 0.6 is 22.9 Å². The fourth-order valence-electron chi connectivity index (χ4n) is 1.21. The summed E-state index contributed by atoms with van der Waals surface area (Å²) in [6.07, 6.45) is 2.25. The van der Waals surface area contributed by atoms with E-state index < -0.39 is 0 Å². The Labute approximate surface area is 88.3 Å². The van der Waals surface area contributed by atoms with E-state index in [1.165, 1.54) is 0 Å². The van der Waals surface area contributed by atoms with Crippen molar-refractivity contribution in [2.45, 2.75) is 44.9 Å². The van der Waals surface area contributed by atoms with E-state index in [0.717, 1.165) is 22.9 Å². The van der Waals surface area contributed by atoms with Crippen LogP contribution in [0.25, 0.3) is 0 Å². The van der Waals surface area contributed by atoms with Crippen LogP contribution in [-0.2, 0) is 0 Å². The molecule has 0 bridgehead atoms. The van der Waals surface area contributed by atoms with Crippen molar-refractivity contribution < 1.29 is 0 Å². The van der Waals surface area contributed by atoms with Crippen molar-refractivity contribution in [1.82, 2.24) is 10.2 Å². The van der Waals surface area contributed by atoms with Crippen LogP contribution in [0.2, 0.25) is 0 Å². The van der Waals surface area contributed by atoms with Gasteiger partial charge in [0, 0.05) is 5.92 Å². The first-order valence-electron chi connectivity index (χ1n) is 4.66. The van der Waals surface area contributed by atoms with Crippen molar-refractivity contribution >= 4 is 22.9 Å². The molecular formula is C9H15ClN2S. The maximum Gasteiger partial charge on any atom is 0.135 e. The van der Waals surface area contributed by atoms with Gasteiger partial charge in [0.05, 0.1) is 5.38 Å². The first-order chi connectivity index (χ1) is 6.19. The standard InChI is InChI=1S/C9H15ClN2S/c1-4-7(5-2)9-12-11-8(13-9)6(3)10/h6-7H,4-5H2,1-3H3. The summed E-state index contributed by atoms with van der Waals surface area (Å²) >= 11 is 7.56. The lowest BCUT2D eigenvalue weighted by atomic mass is 10.1. The normalized spacial score (nSPS) is 13.6. The summed E-state index contributed by atoms with van der Waals surface area (Å²) in [5.41, 5.74) is 0. The van der Waals surface area contributed by atoms with E-state index in [0.29, 0.717) is 5.92 Å². The lowest BCUT2D eigenvalue weighted by molar-refractivity contribution is 0.630. The third-order valence-electron chi connectivity index (χ3n) is 2.13. The molecule has 0 fully saturated rings. The van der Waals surface area contributed by atoms with Crippen LogP contribution in [0.1, 0.15) is 54.9 Å². The number of hydrogen-bond acceptors (Lipinski definition) is 3. The number of nitrogens with zero attached hydrogens (tertiary/aromatic N) is 2. The summed E-state index contributed by atoms with van der Waals surface area (Å²) in [7, 11) is 0. The van der Waals surface area contributed by atoms with E-state index in [4.69, 9.17) is 11.6 Å². The zero-order valence-corrected chi connectivity index (χ0v) is 9.82. The van der Waals surface area contributed by atoms with Crippen molar-refractivity contribution in [3.63, 3.8) is 0 Å². The van der Waals surface area contributed by atoms with Gasteiger partial charge in [-0.2, -0.15) is 0 Å². The lowest BCUT2D eigenvalue weighted by Crippen LogP contribution is -1.93. The zero-order chi connectivity index (χ0) is 9.84.